The SMILES string of the molecule is COc1ccc(C(=O)Nc2ccccc2C#N)c(OC)c1C. The highest BCUT2D eigenvalue weighted by atomic mass is 16.5. The topological polar surface area (TPSA) is 71.3 Å². The lowest BCUT2D eigenvalue weighted by molar-refractivity contribution is 0.102. The average molecular weight is 296 g/mol. The van der Waals surface area contributed by atoms with Crippen LogP contribution >= 0.6 is 0 Å². The number of nitrogens with zero attached hydrogens (tertiary/aromatic N) is 1. The smallest absolute Gasteiger partial charge is 0.259 e. The summed E-state index contributed by atoms with van der Waals surface area (Å²) in [5.74, 6) is 0.752. The van der Waals surface area contributed by atoms with E-state index >= 15 is 0 Å². The third kappa shape index (κ3) is 2.86. The number of carbonyl (C=O) groups is 1. The van der Waals surface area contributed by atoms with Crippen LogP contribution in [0.1, 0.15) is 21.5 Å². The van der Waals surface area contributed by atoms with Gasteiger partial charge in [0, 0.05) is 5.56 Å². The van der Waals surface area contributed by atoms with Gasteiger partial charge in [0.15, 0.2) is 0 Å². The minimum absolute atomic E-state index is 0.342. The highest BCUT2D eigenvalue weighted by Gasteiger charge is 2.18. The van der Waals surface area contributed by atoms with Crippen LogP contribution in [0.15, 0.2) is 36.4 Å². The number of hydrogen-bond acceptors (Lipinski definition) is 4. The van der Waals surface area contributed by atoms with Crippen molar-refractivity contribution in [3.63, 3.8) is 0 Å². The summed E-state index contributed by atoms with van der Waals surface area (Å²) in [7, 11) is 3.06. The van der Waals surface area contributed by atoms with Crippen LogP contribution in [0.25, 0.3) is 0 Å². The summed E-state index contributed by atoms with van der Waals surface area (Å²) < 4.78 is 10.6. The lowest BCUT2D eigenvalue weighted by Gasteiger charge is -2.14. The van der Waals surface area contributed by atoms with Gasteiger partial charge >= 0.3 is 0 Å². The molecule has 0 heterocycles. The van der Waals surface area contributed by atoms with Crippen LogP contribution in [0.2, 0.25) is 0 Å². The molecule has 0 fully saturated rings. The molecular weight excluding hydrogens is 280 g/mol. The van der Waals surface area contributed by atoms with Crippen molar-refractivity contribution < 1.29 is 14.3 Å². The molecule has 0 spiro atoms. The Hall–Kier alpha value is -3.00. The normalized spacial score (nSPS) is 9.73. The summed E-state index contributed by atoms with van der Waals surface area (Å²) in [6, 6.07) is 12.2. The summed E-state index contributed by atoms with van der Waals surface area (Å²) in [6.07, 6.45) is 0. The molecule has 2 aromatic carbocycles. The van der Waals surface area contributed by atoms with Crippen LogP contribution in [0.5, 0.6) is 11.5 Å². The van der Waals surface area contributed by atoms with Gasteiger partial charge in [0.25, 0.3) is 5.91 Å². The van der Waals surface area contributed by atoms with Crippen molar-refractivity contribution in [1.82, 2.24) is 0 Å². The van der Waals surface area contributed by atoms with Gasteiger partial charge in [-0.1, -0.05) is 12.1 Å². The van der Waals surface area contributed by atoms with E-state index in [0.717, 1.165) is 5.56 Å². The first-order valence-corrected chi connectivity index (χ1v) is 6.64. The maximum atomic E-state index is 12.5. The number of carbonyl (C=O) groups excluding carboxylic acids is 1. The summed E-state index contributed by atoms with van der Waals surface area (Å²) in [6.45, 7) is 1.82. The summed E-state index contributed by atoms with van der Waals surface area (Å²) >= 11 is 0. The van der Waals surface area contributed by atoms with Gasteiger partial charge in [-0.15, -0.1) is 0 Å². The Labute approximate surface area is 129 Å². The van der Waals surface area contributed by atoms with Gasteiger partial charge in [0.2, 0.25) is 0 Å². The number of rotatable bonds is 4. The van der Waals surface area contributed by atoms with Gasteiger partial charge in [-0.2, -0.15) is 5.26 Å². The molecule has 2 aromatic rings. The molecule has 0 aliphatic carbocycles. The van der Waals surface area contributed by atoms with Crippen LogP contribution in [0.4, 0.5) is 5.69 Å². The van der Waals surface area contributed by atoms with Crippen molar-refractivity contribution in [3.8, 4) is 17.6 Å². The average Bonchev–Trinajstić information content (AvgIpc) is 2.54. The molecule has 0 atom stereocenters. The van der Waals surface area contributed by atoms with Crippen molar-refractivity contribution in [2.75, 3.05) is 19.5 Å². The number of nitrogens with one attached hydrogen (secondary N) is 1. The minimum atomic E-state index is -0.342. The molecular formula is C17H16N2O3. The zero-order valence-corrected chi connectivity index (χ0v) is 12.6. The molecule has 0 saturated carbocycles. The molecule has 22 heavy (non-hydrogen) atoms. The first-order valence-electron chi connectivity index (χ1n) is 6.64. The molecule has 112 valence electrons. The number of anilines is 1. The van der Waals surface area contributed by atoms with Crippen molar-refractivity contribution >= 4 is 11.6 Å². The van der Waals surface area contributed by atoms with Crippen LogP contribution in [0.3, 0.4) is 0 Å². The standard InChI is InChI=1S/C17H16N2O3/c1-11-15(21-2)9-8-13(16(11)22-3)17(20)19-14-7-5-4-6-12(14)10-18/h4-9H,1-3H3,(H,19,20). The fraction of sp³-hybridized carbons (Fsp3) is 0.176. The van der Waals surface area contributed by atoms with E-state index < -0.39 is 0 Å². The number of nitriles is 1. The molecule has 0 aliphatic heterocycles. The van der Waals surface area contributed by atoms with Gasteiger partial charge in [0.05, 0.1) is 31.0 Å². The quantitative estimate of drug-likeness (QED) is 0.941. The molecule has 1 amide bonds. The highest BCUT2D eigenvalue weighted by Crippen LogP contribution is 2.31. The van der Waals surface area contributed by atoms with E-state index in [1.165, 1.54) is 7.11 Å². The minimum Gasteiger partial charge on any atom is -0.496 e. The fourth-order valence-electron chi connectivity index (χ4n) is 2.22. The third-order valence-corrected chi connectivity index (χ3v) is 3.32. The van der Waals surface area contributed by atoms with Crippen molar-refractivity contribution in [2.45, 2.75) is 6.92 Å². The fourth-order valence-corrected chi connectivity index (χ4v) is 2.22. The Morgan fingerprint density at radius 1 is 1.14 bits per heavy atom. The Morgan fingerprint density at radius 2 is 1.86 bits per heavy atom. The molecule has 5 nitrogen and oxygen atoms in total. The number of hydrogen-bond donors (Lipinski definition) is 1. The van der Waals surface area contributed by atoms with Gasteiger partial charge in [0.1, 0.15) is 17.6 Å². The molecule has 0 aliphatic rings. The predicted octanol–water partition coefficient (Wildman–Crippen LogP) is 3.14. The van der Waals surface area contributed by atoms with E-state index in [9.17, 15) is 4.79 Å². The lowest BCUT2D eigenvalue weighted by atomic mass is 10.1. The van der Waals surface area contributed by atoms with Gasteiger partial charge in [-0.05, 0) is 31.2 Å². The maximum Gasteiger partial charge on any atom is 0.259 e. The van der Waals surface area contributed by atoms with E-state index in [4.69, 9.17) is 14.7 Å². The van der Waals surface area contributed by atoms with E-state index in [1.54, 1.807) is 43.5 Å². The van der Waals surface area contributed by atoms with E-state index in [0.29, 0.717) is 28.3 Å². The van der Waals surface area contributed by atoms with E-state index in [1.807, 2.05) is 13.0 Å². The predicted molar refractivity (Wildman–Crippen MR) is 83.4 cm³/mol. The second kappa shape index (κ2) is 6.64. The Morgan fingerprint density at radius 3 is 2.50 bits per heavy atom. The molecule has 2 rings (SSSR count). The zero-order valence-electron chi connectivity index (χ0n) is 12.6. The molecule has 0 aromatic heterocycles. The number of para-hydroxylation sites is 1. The van der Waals surface area contributed by atoms with Crippen LogP contribution in [0, 0.1) is 18.3 Å². The first kappa shape index (κ1) is 15.4. The Kier molecular flexibility index (Phi) is 4.64. The summed E-state index contributed by atoms with van der Waals surface area (Å²) in [4.78, 5) is 12.5. The van der Waals surface area contributed by atoms with Crippen molar-refractivity contribution in [2.24, 2.45) is 0 Å². The lowest BCUT2D eigenvalue weighted by Crippen LogP contribution is -2.14. The van der Waals surface area contributed by atoms with Gasteiger partial charge < -0.3 is 14.8 Å². The van der Waals surface area contributed by atoms with E-state index in [-0.39, 0.29) is 5.91 Å². The first-order chi connectivity index (χ1) is 10.6. The van der Waals surface area contributed by atoms with Crippen LogP contribution < -0.4 is 14.8 Å². The molecule has 0 unspecified atom stereocenters. The monoisotopic (exact) mass is 296 g/mol. The zero-order chi connectivity index (χ0) is 16.1. The molecule has 0 radical (unpaired) electrons. The van der Waals surface area contributed by atoms with Crippen molar-refractivity contribution in [3.05, 3.63) is 53.1 Å². The Bertz CT molecular complexity index is 748. The van der Waals surface area contributed by atoms with E-state index in [2.05, 4.69) is 5.32 Å². The van der Waals surface area contributed by atoms with Gasteiger partial charge in [-0.3, -0.25) is 4.79 Å². The second-order valence-electron chi connectivity index (χ2n) is 4.59. The second-order valence-corrected chi connectivity index (χ2v) is 4.59. The number of amides is 1. The molecule has 5 heteroatoms. The third-order valence-electron chi connectivity index (χ3n) is 3.32. The molecule has 1 N–H and O–H groups in total. The number of methoxy groups -OCH3 is 2. The van der Waals surface area contributed by atoms with Crippen LogP contribution in [-0.4, -0.2) is 20.1 Å². The number of ether oxygens (including phenoxy) is 2. The molecule has 0 saturated heterocycles. The molecule has 0 bridgehead atoms. The van der Waals surface area contributed by atoms with Crippen molar-refractivity contribution in [1.29, 1.82) is 5.26 Å². The largest absolute Gasteiger partial charge is 0.496 e. The number of benzene rings is 2. The van der Waals surface area contributed by atoms with Gasteiger partial charge in [-0.25, -0.2) is 0 Å². The summed E-state index contributed by atoms with van der Waals surface area (Å²) in [5, 5.41) is 11.8. The highest BCUT2D eigenvalue weighted by molar-refractivity contribution is 6.07. The summed E-state index contributed by atoms with van der Waals surface area (Å²) in [5.41, 5.74) is 1.99. The Balaban J connectivity index is 2.38. The van der Waals surface area contributed by atoms with Crippen LogP contribution in [-0.2, 0) is 0 Å². The maximum absolute atomic E-state index is 12.5.